The van der Waals surface area contributed by atoms with Crippen LogP contribution in [0.3, 0.4) is 0 Å². The van der Waals surface area contributed by atoms with Crippen molar-refractivity contribution in [2.24, 2.45) is 40.9 Å². The van der Waals surface area contributed by atoms with Gasteiger partial charge in [-0.05, 0) is 98.5 Å². The predicted molar refractivity (Wildman–Crippen MR) is 104 cm³/mol. The zero-order valence-corrected chi connectivity index (χ0v) is 17.5. The van der Waals surface area contributed by atoms with Crippen LogP contribution in [0, 0.1) is 40.9 Å². The summed E-state index contributed by atoms with van der Waals surface area (Å²) in [7, 11) is 0. The van der Waals surface area contributed by atoms with E-state index in [4.69, 9.17) is 0 Å². The number of Topliss-reactive ketones (excluding diaryl/α,β-unsaturated/α-hetero) is 1. The van der Waals surface area contributed by atoms with Crippen LogP contribution in [0.1, 0.15) is 65.2 Å². The first-order valence-electron chi connectivity index (χ1n) is 11.4. The minimum absolute atomic E-state index is 0.0153. The fourth-order valence-electron chi connectivity index (χ4n) is 8.04. The standard InChI is InChI=1S/C22H33FN4O2/c1-21(29)7-5-14-13-6-8-22(2)17(15(13)9-19(23)16(14)10-21)3-4-18(22)20(28)11-27-25-12-24-26-27/h12-19,29H,3-11H2,1-2H3/t13-,14-,15-,16+,17+,18-,19-,21-,22+/m1/s1. The second kappa shape index (κ2) is 6.82. The summed E-state index contributed by atoms with van der Waals surface area (Å²) in [4.78, 5) is 14.4. The number of halogens is 1. The molecule has 0 saturated heterocycles. The van der Waals surface area contributed by atoms with Gasteiger partial charge in [-0.1, -0.05) is 6.92 Å². The molecule has 7 heteroatoms. The Kier molecular flexibility index (Phi) is 4.61. The van der Waals surface area contributed by atoms with Crippen molar-refractivity contribution in [3.8, 4) is 0 Å². The molecule has 4 fully saturated rings. The number of rotatable bonds is 3. The van der Waals surface area contributed by atoms with Crippen LogP contribution in [0.25, 0.3) is 0 Å². The normalized spacial score (nSPS) is 49.2. The summed E-state index contributed by atoms with van der Waals surface area (Å²) in [6.45, 7) is 4.34. The van der Waals surface area contributed by atoms with Gasteiger partial charge in [-0.15, -0.1) is 10.2 Å². The van der Waals surface area contributed by atoms with E-state index in [0.717, 1.165) is 38.5 Å². The highest BCUT2D eigenvalue weighted by Crippen LogP contribution is 2.65. The lowest BCUT2D eigenvalue weighted by Crippen LogP contribution is -2.54. The molecule has 160 valence electrons. The van der Waals surface area contributed by atoms with Crippen molar-refractivity contribution in [1.29, 1.82) is 0 Å². The molecule has 0 radical (unpaired) electrons. The SMILES string of the molecule is C[C@@]1(O)CC[C@@H]2[C@H]3CC[C@]4(C)[C@@H](C(=O)Cn5ncnn5)CC[C@H]4[C@@H]3C[C@@H](F)[C@H]2C1. The third-order valence-corrected chi connectivity index (χ3v) is 9.32. The maximum atomic E-state index is 15.3. The van der Waals surface area contributed by atoms with Crippen molar-refractivity contribution in [3.63, 3.8) is 0 Å². The molecule has 0 bridgehead atoms. The zero-order chi connectivity index (χ0) is 20.4. The Bertz CT molecular complexity index is 769. The first kappa shape index (κ1) is 19.6. The summed E-state index contributed by atoms with van der Waals surface area (Å²) in [5, 5.41) is 22.0. The maximum absolute atomic E-state index is 15.3. The molecule has 0 amide bonds. The van der Waals surface area contributed by atoms with Gasteiger partial charge in [-0.2, -0.15) is 4.80 Å². The second-order valence-electron chi connectivity index (χ2n) is 10.9. The summed E-state index contributed by atoms with van der Waals surface area (Å²) < 4.78 is 15.3. The van der Waals surface area contributed by atoms with Crippen molar-refractivity contribution in [1.82, 2.24) is 20.2 Å². The molecule has 5 rings (SSSR count). The Labute approximate surface area is 171 Å². The van der Waals surface area contributed by atoms with Crippen molar-refractivity contribution < 1.29 is 14.3 Å². The van der Waals surface area contributed by atoms with Gasteiger partial charge in [0.25, 0.3) is 0 Å². The third kappa shape index (κ3) is 3.15. The second-order valence-corrected chi connectivity index (χ2v) is 10.9. The van der Waals surface area contributed by atoms with E-state index < -0.39 is 11.8 Å². The van der Waals surface area contributed by atoms with E-state index in [0.29, 0.717) is 36.5 Å². The van der Waals surface area contributed by atoms with Crippen molar-refractivity contribution in [3.05, 3.63) is 6.33 Å². The minimum atomic E-state index is -0.815. The van der Waals surface area contributed by atoms with Gasteiger partial charge < -0.3 is 5.11 Å². The number of tetrazole rings is 1. The molecule has 6 nitrogen and oxygen atoms in total. The predicted octanol–water partition coefficient (Wildman–Crippen LogP) is 3.21. The van der Waals surface area contributed by atoms with E-state index in [1.54, 1.807) is 0 Å². The third-order valence-electron chi connectivity index (χ3n) is 9.32. The van der Waals surface area contributed by atoms with Crippen LogP contribution < -0.4 is 0 Å². The summed E-state index contributed by atoms with van der Waals surface area (Å²) in [6, 6.07) is 0. The first-order chi connectivity index (χ1) is 13.8. The van der Waals surface area contributed by atoms with Gasteiger partial charge in [0.2, 0.25) is 0 Å². The number of carbonyl (C=O) groups is 1. The van der Waals surface area contributed by atoms with Gasteiger partial charge in [0.15, 0.2) is 12.1 Å². The van der Waals surface area contributed by atoms with E-state index in [1.807, 2.05) is 6.92 Å². The quantitative estimate of drug-likeness (QED) is 0.837. The topological polar surface area (TPSA) is 80.9 Å². The Morgan fingerprint density at radius 3 is 2.66 bits per heavy atom. The number of carbonyl (C=O) groups excluding carboxylic acids is 1. The number of aliphatic hydroxyl groups is 1. The summed E-state index contributed by atoms with van der Waals surface area (Å²) in [6.07, 6.45) is 7.59. The van der Waals surface area contributed by atoms with Gasteiger partial charge in [-0.25, -0.2) is 4.39 Å². The number of alkyl halides is 1. The van der Waals surface area contributed by atoms with E-state index in [1.165, 1.54) is 11.1 Å². The average molecular weight is 405 g/mol. The smallest absolute Gasteiger partial charge is 0.162 e. The van der Waals surface area contributed by atoms with E-state index in [-0.39, 0.29) is 29.6 Å². The lowest BCUT2D eigenvalue weighted by Gasteiger charge is -2.57. The summed E-state index contributed by atoms with van der Waals surface area (Å²) in [5.41, 5.74) is -0.743. The molecule has 0 unspecified atom stereocenters. The van der Waals surface area contributed by atoms with Crippen molar-refractivity contribution in [2.75, 3.05) is 0 Å². The molecule has 0 aliphatic heterocycles. The Morgan fingerprint density at radius 1 is 1.14 bits per heavy atom. The zero-order valence-electron chi connectivity index (χ0n) is 17.5. The molecule has 1 aromatic rings. The number of hydrogen-bond acceptors (Lipinski definition) is 5. The van der Waals surface area contributed by atoms with Gasteiger partial charge in [0, 0.05) is 5.92 Å². The monoisotopic (exact) mass is 404 g/mol. The fourth-order valence-corrected chi connectivity index (χ4v) is 8.04. The van der Waals surface area contributed by atoms with Crippen LogP contribution in [0.2, 0.25) is 0 Å². The molecular weight excluding hydrogens is 371 g/mol. The average Bonchev–Trinajstić information content (AvgIpc) is 3.28. The molecule has 1 aromatic heterocycles. The Balaban J connectivity index is 1.35. The number of hydrogen-bond donors (Lipinski definition) is 1. The number of aromatic nitrogens is 4. The van der Waals surface area contributed by atoms with Crippen LogP contribution >= 0.6 is 0 Å². The molecule has 29 heavy (non-hydrogen) atoms. The number of ketones is 1. The van der Waals surface area contributed by atoms with E-state index in [9.17, 15) is 9.90 Å². The fraction of sp³-hybridized carbons (Fsp3) is 0.909. The van der Waals surface area contributed by atoms with E-state index >= 15 is 4.39 Å². The van der Waals surface area contributed by atoms with Crippen molar-refractivity contribution in [2.45, 2.75) is 83.5 Å². The number of fused-ring (bicyclic) bond motifs is 5. The minimum Gasteiger partial charge on any atom is -0.390 e. The Morgan fingerprint density at radius 2 is 1.90 bits per heavy atom. The van der Waals surface area contributed by atoms with E-state index in [2.05, 4.69) is 22.3 Å². The Hall–Kier alpha value is -1.37. The van der Waals surface area contributed by atoms with Gasteiger partial charge >= 0.3 is 0 Å². The lowest BCUT2D eigenvalue weighted by molar-refractivity contribution is -0.139. The lowest BCUT2D eigenvalue weighted by atomic mass is 9.48. The molecule has 1 heterocycles. The van der Waals surface area contributed by atoms with Crippen molar-refractivity contribution >= 4 is 5.78 Å². The van der Waals surface area contributed by atoms with Gasteiger partial charge in [0.1, 0.15) is 12.7 Å². The number of nitrogens with zero attached hydrogens (tertiary/aromatic N) is 4. The van der Waals surface area contributed by atoms with Crippen LogP contribution in [0.15, 0.2) is 6.33 Å². The molecule has 0 spiro atoms. The first-order valence-corrected chi connectivity index (χ1v) is 11.4. The van der Waals surface area contributed by atoms with Crippen LogP contribution in [-0.2, 0) is 11.3 Å². The van der Waals surface area contributed by atoms with Gasteiger partial charge in [-0.3, -0.25) is 4.79 Å². The van der Waals surface area contributed by atoms with Crippen LogP contribution in [0.4, 0.5) is 4.39 Å². The molecule has 4 saturated carbocycles. The maximum Gasteiger partial charge on any atom is 0.162 e. The molecule has 9 atom stereocenters. The molecular formula is C22H33FN4O2. The largest absolute Gasteiger partial charge is 0.390 e. The molecule has 4 aliphatic rings. The van der Waals surface area contributed by atoms with Crippen LogP contribution in [0.5, 0.6) is 0 Å². The molecule has 0 aromatic carbocycles. The summed E-state index contributed by atoms with van der Waals surface area (Å²) >= 11 is 0. The molecule has 4 aliphatic carbocycles. The summed E-state index contributed by atoms with van der Waals surface area (Å²) in [5.74, 6) is 2.01. The highest BCUT2D eigenvalue weighted by atomic mass is 19.1. The highest BCUT2D eigenvalue weighted by molar-refractivity contribution is 5.81. The van der Waals surface area contributed by atoms with Crippen LogP contribution in [-0.4, -0.2) is 42.9 Å². The van der Waals surface area contributed by atoms with Gasteiger partial charge in [0.05, 0.1) is 5.60 Å². The molecule has 1 N–H and O–H groups in total. The highest BCUT2D eigenvalue weighted by Gasteiger charge is 2.60.